The molecule has 1 aromatic carbocycles. The van der Waals surface area contributed by atoms with Crippen LogP contribution < -0.4 is 0 Å². The van der Waals surface area contributed by atoms with Crippen LogP contribution in [0, 0.1) is 10.1 Å². The quantitative estimate of drug-likeness (QED) is 0.394. The first-order valence-corrected chi connectivity index (χ1v) is 6.36. The fourth-order valence-corrected chi connectivity index (χ4v) is 1.86. The number of nitrogens with zero attached hydrogens (tertiary/aromatic N) is 2. The molecular formula is C14H15N3O4. The number of benzene rings is 1. The van der Waals surface area contributed by atoms with Crippen LogP contribution in [0.25, 0.3) is 11.0 Å². The molecule has 0 spiro atoms. The minimum Gasteiger partial charge on any atom is -0.459 e. The number of fused-ring (bicyclic) bond motifs is 1. The van der Waals surface area contributed by atoms with Gasteiger partial charge in [0.05, 0.1) is 16.0 Å². The number of nitro benzene ring substituents is 1. The van der Waals surface area contributed by atoms with Crippen LogP contribution in [0.1, 0.15) is 19.7 Å². The number of rotatable bonds is 5. The smallest absolute Gasteiger partial charge is 0.333 e. The molecule has 1 unspecified atom stereocenters. The molecule has 0 fully saturated rings. The molecule has 0 aliphatic carbocycles. The maximum absolute atomic E-state index is 11.4. The van der Waals surface area contributed by atoms with E-state index in [2.05, 4.69) is 16.5 Å². The lowest BCUT2D eigenvalue weighted by Gasteiger charge is -2.11. The summed E-state index contributed by atoms with van der Waals surface area (Å²) in [6.45, 7) is 6.84. The van der Waals surface area contributed by atoms with E-state index in [0.29, 0.717) is 28.9 Å². The molecule has 1 aromatic heterocycles. The molecule has 0 amide bonds. The molecule has 1 N–H and O–H groups in total. The Morgan fingerprint density at radius 3 is 2.90 bits per heavy atom. The first kappa shape index (κ1) is 14.7. The first-order chi connectivity index (χ1) is 9.86. The predicted octanol–water partition coefficient (Wildman–Crippen LogP) is 2.52. The number of nitro groups is 1. The van der Waals surface area contributed by atoms with Crippen LogP contribution in [0.2, 0.25) is 0 Å². The highest BCUT2D eigenvalue weighted by Gasteiger charge is 2.14. The second kappa shape index (κ2) is 5.74. The molecular weight excluding hydrogens is 274 g/mol. The van der Waals surface area contributed by atoms with Crippen LogP contribution in [-0.2, 0) is 16.0 Å². The Hall–Kier alpha value is -2.70. The van der Waals surface area contributed by atoms with E-state index >= 15 is 0 Å². The number of non-ortho nitro benzene ring substituents is 1. The zero-order valence-electron chi connectivity index (χ0n) is 11.8. The zero-order valence-corrected chi connectivity index (χ0v) is 11.8. The van der Waals surface area contributed by atoms with Crippen LogP contribution in [0.15, 0.2) is 30.4 Å². The Bertz CT molecular complexity index is 720. The van der Waals surface area contributed by atoms with E-state index < -0.39 is 10.9 Å². The van der Waals surface area contributed by atoms with Gasteiger partial charge in [-0.15, -0.1) is 0 Å². The van der Waals surface area contributed by atoms with Crippen LogP contribution >= 0.6 is 0 Å². The van der Waals surface area contributed by atoms with Gasteiger partial charge in [0.25, 0.3) is 5.69 Å². The summed E-state index contributed by atoms with van der Waals surface area (Å²) in [6.07, 6.45) is 0.0198. The maximum Gasteiger partial charge on any atom is 0.333 e. The lowest BCUT2D eigenvalue weighted by atomic mass is 10.2. The van der Waals surface area contributed by atoms with Gasteiger partial charge in [-0.05, 0) is 19.9 Å². The monoisotopic (exact) mass is 289 g/mol. The molecule has 0 saturated heterocycles. The van der Waals surface area contributed by atoms with Crippen molar-refractivity contribution in [3.8, 4) is 0 Å². The van der Waals surface area contributed by atoms with Gasteiger partial charge in [0, 0.05) is 24.1 Å². The third-order valence-electron chi connectivity index (χ3n) is 2.86. The van der Waals surface area contributed by atoms with Gasteiger partial charge in [0.1, 0.15) is 11.9 Å². The van der Waals surface area contributed by atoms with E-state index in [0.717, 1.165) is 0 Å². The molecule has 0 saturated carbocycles. The van der Waals surface area contributed by atoms with Crippen molar-refractivity contribution in [3.05, 3.63) is 46.3 Å². The molecule has 7 heteroatoms. The number of carbonyl (C=O) groups excluding carboxylic acids is 1. The van der Waals surface area contributed by atoms with Crippen molar-refractivity contribution in [2.75, 3.05) is 0 Å². The zero-order chi connectivity index (χ0) is 15.6. The largest absolute Gasteiger partial charge is 0.459 e. The van der Waals surface area contributed by atoms with E-state index in [-0.39, 0.29) is 11.8 Å². The third kappa shape index (κ3) is 3.44. The van der Waals surface area contributed by atoms with Gasteiger partial charge in [0.2, 0.25) is 0 Å². The minimum atomic E-state index is -0.461. The molecule has 1 atom stereocenters. The number of aromatic nitrogens is 2. The maximum atomic E-state index is 11.4. The lowest BCUT2D eigenvalue weighted by Crippen LogP contribution is -2.18. The lowest BCUT2D eigenvalue weighted by molar-refractivity contribution is -0.384. The standard InChI is InChI=1S/C14H15N3O4/c1-8(2)14(18)21-9(3)6-13-15-11-5-4-10(17(19)20)7-12(11)16-13/h4-5,7,9H,1,6H2,2-3H3,(H,15,16). The summed E-state index contributed by atoms with van der Waals surface area (Å²) in [4.78, 5) is 29.0. The summed E-state index contributed by atoms with van der Waals surface area (Å²) in [5.74, 6) is 0.154. The second-order valence-electron chi connectivity index (χ2n) is 4.84. The van der Waals surface area contributed by atoms with Crippen molar-refractivity contribution in [1.82, 2.24) is 9.97 Å². The van der Waals surface area contributed by atoms with Crippen LogP contribution in [-0.4, -0.2) is 27.0 Å². The topological polar surface area (TPSA) is 98.1 Å². The summed E-state index contributed by atoms with van der Waals surface area (Å²) in [7, 11) is 0. The Kier molecular flexibility index (Phi) is 4.02. The molecule has 0 bridgehead atoms. The predicted molar refractivity (Wildman–Crippen MR) is 76.8 cm³/mol. The normalized spacial score (nSPS) is 12.1. The van der Waals surface area contributed by atoms with Crippen LogP contribution in [0.5, 0.6) is 0 Å². The average molecular weight is 289 g/mol. The first-order valence-electron chi connectivity index (χ1n) is 6.36. The molecule has 7 nitrogen and oxygen atoms in total. The molecule has 21 heavy (non-hydrogen) atoms. The van der Waals surface area contributed by atoms with E-state index in [1.807, 2.05) is 0 Å². The Labute approximate surface area is 120 Å². The van der Waals surface area contributed by atoms with E-state index in [9.17, 15) is 14.9 Å². The minimum absolute atomic E-state index is 0.000501. The molecule has 1 heterocycles. The Morgan fingerprint density at radius 2 is 2.29 bits per heavy atom. The third-order valence-corrected chi connectivity index (χ3v) is 2.86. The number of nitrogens with one attached hydrogen (secondary N) is 1. The highest BCUT2D eigenvalue weighted by Crippen LogP contribution is 2.19. The van der Waals surface area contributed by atoms with Crippen molar-refractivity contribution < 1.29 is 14.5 Å². The van der Waals surface area contributed by atoms with Gasteiger partial charge < -0.3 is 9.72 Å². The molecule has 2 rings (SSSR count). The number of imidazole rings is 1. The molecule has 0 aliphatic rings. The fraction of sp³-hybridized carbons (Fsp3) is 0.286. The molecule has 2 aromatic rings. The number of H-pyrrole nitrogens is 1. The van der Waals surface area contributed by atoms with Gasteiger partial charge in [-0.3, -0.25) is 10.1 Å². The summed E-state index contributed by atoms with van der Waals surface area (Å²) in [6, 6.07) is 4.41. The van der Waals surface area contributed by atoms with Crippen molar-refractivity contribution in [1.29, 1.82) is 0 Å². The highest BCUT2D eigenvalue weighted by atomic mass is 16.6. The van der Waals surface area contributed by atoms with Gasteiger partial charge in [-0.25, -0.2) is 9.78 Å². The fourth-order valence-electron chi connectivity index (χ4n) is 1.86. The van der Waals surface area contributed by atoms with Crippen molar-refractivity contribution >= 4 is 22.7 Å². The number of esters is 1. The van der Waals surface area contributed by atoms with Crippen molar-refractivity contribution in [3.63, 3.8) is 0 Å². The molecule has 0 aliphatic heterocycles. The van der Waals surface area contributed by atoms with Gasteiger partial charge in [-0.2, -0.15) is 0 Å². The van der Waals surface area contributed by atoms with Crippen molar-refractivity contribution in [2.24, 2.45) is 0 Å². The Balaban J connectivity index is 2.14. The summed E-state index contributed by atoms with van der Waals surface area (Å²) in [5.41, 5.74) is 1.55. The van der Waals surface area contributed by atoms with E-state index in [4.69, 9.17) is 4.74 Å². The Morgan fingerprint density at radius 1 is 1.57 bits per heavy atom. The van der Waals surface area contributed by atoms with Gasteiger partial charge in [-0.1, -0.05) is 6.58 Å². The van der Waals surface area contributed by atoms with Crippen LogP contribution in [0.3, 0.4) is 0 Å². The molecule has 110 valence electrons. The number of hydrogen-bond donors (Lipinski definition) is 1. The van der Waals surface area contributed by atoms with Crippen LogP contribution in [0.4, 0.5) is 5.69 Å². The summed E-state index contributed by atoms with van der Waals surface area (Å²) >= 11 is 0. The summed E-state index contributed by atoms with van der Waals surface area (Å²) in [5, 5.41) is 10.7. The van der Waals surface area contributed by atoms with E-state index in [1.165, 1.54) is 12.1 Å². The number of hydrogen-bond acceptors (Lipinski definition) is 5. The number of aromatic amines is 1. The second-order valence-corrected chi connectivity index (χ2v) is 4.84. The van der Waals surface area contributed by atoms with Crippen molar-refractivity contribution in [2.45, 2.75) is 26.4 Å². The highest BCUT2D eigenvalue weighted by molar-refractivity contribution is 5.87. The average Bonchev–Trinajstić information content (AvgIpc) is 2.78. The van der Waals surface area contributed by atoms with Gasteiger partial charge in [0.15, 0.2) is 0 Å². The number of ether oxygens (including phenoxy) is 1. The van der Waals surface area contributed by atoms with Gasteiger partial charge >= 0.3 is 5.97 Å². The van der Waals surface area contributed by atoms with E-state index in [1.54, 1.807) is 19.9 Å². The molecule has 0 radical (unpaired) electrons. The number of carbonyl (C=O) groups is 1. The summed E-state index contributed by atoms with van der Waals surface area (Å²) < 4.78 is 5.17. The SMILES string of the molecule is C=C(C)C(=O)OC(C)Cc1nc2ccc([N+](=O)[O-])cc2[nH]1.